The quantitative estimate of drug-likeness (QED) is 0.822. The van der Waals surface area contributed by atoms with Crippen molar-refractivity contribution in [2.24, 2.45) is 0 Å². The second kappa shape index (κ2) is 7.24. The molecule has 0 spiro atoms. The van der Waals surface area contributed by atoms with Crippen LogP contribution in [0.1, 0.15) is 44.7 Å². The molecule has 2 aliphatic rings. The molecule has 0 saturated carbocycles. The van der Waals surface area contributed by atoms with E-state index in [9.17, 15) is 4.79 Å². The summed E-state index contributed by atoms with van der Waals surface area (Å²) in [5.74, 6) is 0.996. The Kier molecular flexibility index (Phi) is 5.23. The lowest BCUT2D eigenvalue weighted by atomic mass is 9.98. The van der Waals surface area contributed by atoms with Crippen molar-refractivity contribution < 1.29 is 14.3 Å². The minimum atomic E-state index is -0.462. The van der Waals surface area contributed by atoms with E-state index >= 15 is 0 Å². The van der Waals surface area contributed by atoms with E-state index in [-0.39, 0.29) is 6.09 Å². The van der Waals surface area contributed by atoms with E-state index in [1.807, 2.05) is 26.8 Å². The minimum absolute atomic E-state index is 0.236. The van der Waals surface area contributed by atoms with Gasteiger partial charge >= 0.3 is 6.09 Å². The molecule has 0 unspecified atom stereocenters. The number of ether oxygens (including phenoxy) is 2. The number of hydrogen-bond donors (Lipinski definition) is 0. The molecule has 0 N–H and O–H groups in total. The molecule has 2 aliphatic heterocycles. The maximum atomic E-state index is 12.3. The molecule has 5 nitrogen and oxygen atoms in total. The molecule has 0 aromatic heterocycles. The number of carbonyl (C=O) groups is 1. The van der Waals surface area contributed by atoms with Crippen molar-refractivity contribution in [1.82, 2.24) is 9.80 Å². The molecule has 25 heavy (non-hydrogen) atoms. The molecule has 1 saturated heterocycles. The predicted molar refractivity (Wildman–Crippen MR) is 97.9 cm³/mol. The number of piperidine rings is 1. The largest absolute Gasteiger partial charge is 0.490 e. The number of carbonyl (C=O) groups excluding carboxylic acids is 1. The van der Waals surface area contributed by atoms with E-state index in [1.165, 1.54) is 11.1 Å². The highest BCUT2D eigenvalue weighted by atomic mass is 16.6. The summed E-state index contributed by atoms with van der Waals surface area (Å²) in [4.78, 5) is 16.5. The molecule has 2 heterocycles. The maximum absolute atomic E-state index is 12.3. The Bertz CT molecular complexity index is 616. The summed E-state index contributed by atoms with van der Waals surface area (Å²) in [7, 11) is 2.16. The lowest BCUT2D eigenvalue weighted by Gasteiger charge is -2.33. The normalized spacial score (nSPS) is 19.4. The lowest BCUT2D eigenvalue weighted by molar-refractivity contribution is 0.0221. The van der Waals surface area contributed by atoms with Gasteiger partial charge in [-0.15, -0.1) is 0 Å². The van der Waals surface area contributed by atoms with Crippen LogP contribution in [0.3, 0.4) is 0 Å². The van der Waals surface area contributed by atoms with Crippen molar-refractivity contribution in [2.45, 2.75) is 58.3 Å². The van der Waals surface area contributed by atoms with Gasteiger partial charge in [0.15, 0.2) is 0 Å². The molecule has 1 amide bonds. The highest BCUT2D eigenvalue weighted by Crippen LogP contribution is 2.30. The van der Waals surface area contributed by atoms with Gasteiger partial charge in [0.25, 0.3) is 0 Å². The van der Waals surface area contributed by atoms with Crippen LogP contribution in [0.15, 0.2) is 18.2 Å². The molecule has 5 heteroatoms. The Labute approximate surface area is 150 Å². The molecular formula is C20H30N2O3. The fourth-order valence-corrected chi connectivity index (χ4v) is 3.45. The number of benzene rings is 1. The van der Waals surface area contributed by atoms with E-state index in [2.05, 4.69) is 24.1 Å². The standard InChI is InChI=1S/C20H30N2O3/c1-20(2,3)25-19(23)22-13-10-17-15(14-22)6-5-7-18(17)24-16-8-11-21(4)12-9-16/h5-7,16H,8-14H2,1-4H3. The summed E-state index contributed by atoms with van der Waals surface area (Å²) < 4.78 is 11.8. The van der Waals surface area contributed by atoms with Crippen molar-refractivity contribution in [3.05, 3.63) is 29.3 Å². The summed E-state index contributed by atoms with van der Waals surface area (Å²) in [6.07, 6.45) is 3.03. The average Bonchev–Trinajstić information content (AvgIpc) is 2.55. The molecule has 0 bridgehead atoms. The van der Waals surface area contributed by atoms with Gasteiger partial charge in [-0.2, -0.15) is 0 Å². The molecule has 1 fully saturated rings. The van der Waals surface area contributed by atoms with Crippen molar-refractivity contribution in [1.29, 1.82) is 0 Å². The van der Waals surface area contributed by atoms with Crippen LogP contribution in [-0.4, -0.2) is 54.3 Å². The monoisotopic (exact) mass is 346 g/mol. The Morgan fingerprint density at radius 3 is 2.56 bits per heavy atom. The van der Waals surface area contributed by atoms with E-state index in [0.717, 1.165) is 38.1 Å². The van der Waals surface area contributed by atoms with Gasteiger partial charge in [0.05, 0.1) is 0 Å². The van der Waals surface area contributed by atoms with Gasteiger partial charge in [0.2, 0.25) is 0 Å². The Morgan fingerprint density at radius 1 is 1.16 bits per heavy atom. The topological polar surface area (TPSA) is 42.0 Å². The number of likely N-dealkylation sites (tertiary alicyclic amines) is 1. The van der Waals surface area contributed by atoms with Gasteiger partial charge in [-0.3, -0.25) is 0 Å². The molecule has 3 rings (SSSR count). The Balaban J connectivity index is 1.67. The second-order valence-electron chi connectivity index (χ2n) is 8.17. The Hall–Kier alpha value is -1.75. The van der Waals surface area contributed by atoms with Crippen molar-refractivity contribution >= 4 is 6.09 Å². The first kappa shape index (κ1) is 18.1. The van der Waals surface area contributed by atoms with Crippen LogP contribution < -0.4 is 4.74 Å². The van der Waals surface area contributed by atoms with E-state index in [0.29, 0.717) is 19.2 Å². The van der Waals surface area contributed by atoms with E-state index in [1.54, 1.807) is 4.90 Å². The number of amides is 1. The summed E-state index contributed by atoms with van der Waals surface area (Å²) in [6.45, 7) is 9.14. The second-order valence-corrected chi connectivity index (χ2v) is 8.17. The summed E-state index contributed by atoms with van der Waals surface area (Å²) >= 11 is 0. The van der Waals surface area contributed by atoms with E-state index < -0.39 is 5.60 Å². The smallest absolute Gasteiger partial charge is 0.410 e. The first-order valence-corrected chi connectivity index (χ1v) is 9.26. The molecule has 0 atom stereocenters. The zero-order chi connectivity index (χ0) is 18.0. The van der Waals surface area contributed by atoms with Gasteiger partial charge in [-0.1, -0.05) is 12.1 Å². The minimum Gasteiger partial charge on any atom is -0.490 e. The van der Waals surface area contributed by atoms with Crippen LogP contribution in [0, 0.1) is 0 Å². The number of hydrogen-bond acceptors (Lipinski definition) is 4. The average molecular weight is 346 g/mol. The fourth-order valence-electron chi connectivity index (χ4n) is 3.45. The van der Waals surface area contributed by atoms with Crippen LogP contribution in [0.5, 0.6) is 5.75 Å². The van der Waals surface area contributed by atoms with Crippen molar-refractivity contribution in [2.75, 3.05) is 26.7 Å². The van der Waals surface area contributed by atoms with Gasteiger partial charge in [-0.25, -0.2) is 4.79 Å². The molecule has 0 aliphatic carbocycles. The van der Waals surface area contributed by atoms with Crippen LogP contribution in [-0.2, 0) is 17.7 Å². The molecule has 138 valence electrons. The van der Waals surface area contributed by atoms with Crippen LogP contribution in [0.4, 0.5) is 4.79 Å². The summed E-state index contributed by atoms with van der Waals surface area (Å²) in [6, 6.07) is 6.19. The predicted octanol–water partition coefficient (Wildman–Crippen LogP) is 3.45. The van der Waals surface area contributed by atoms with Crippen molar-refractivity contribution in [3.8, 4) is 5.75 Å². The zero-order valence-corrected chi connectivity index (χ0v) is 15.9. The fraction of sp³-hybridized carbons (Fsp3) is 0.650. The van der Waals surface area contributed by atoms with Gasteiger partial charge in [0, 0.05) is 31.7 Å². The third-order valence-electron chi connectivity index (χ3n) is 4.83. The third kappa shape index (κ3) is 4.66. The summed E-state index contributed by atoms with van der Waals surface area (Å²) in [5.41, 5.74) is 1.96. The first-order valence-electron chi connectivity index (χ1n) is 9.26. The Morgan fingerprint density at radius 2 is 1.88 bits per heavy atom. The first-order chi connectivity index (χ1) is 11.8. The van der Waals surface area contributed by atoms with Crippen LogP contribution in [0.25, 0.3) is 0 Å². The van der Waals surface area contributed by atoms with Crippen LogP contribution in [0.2, 0.25) is 0 Å². The highest BCUT2D eigenvalue weighted by Gasteiger charge is 2.28. The number of nitrogens with zero attached hydrogens (tertiary/aromatic N) is 2. The zero-order valence-electron chi connectivity index (χ0n) is 15.9. The molecule has 0 radical (unpaired) electrons. The number of fused-ring (bicyclic) bond motifs is 1. The van der Waals surface area contributed by atoms with Gasteiger partial charge in [0.1, 0.15) is 17.5 Å². The van der Waals surface area contributed by atoms with Gasteiger partial charge in [-0.05, 0) is 58.7 Å². The lowest BCUT2D eigenvalue weighted by Crippen LogP contribution is -2.40. The number of rotatable bonds is 2. The highest BCUT2D eigenvalue weighted by molar-refractivity contribution is 5.69. The van der Waals surface area contributed by atoms with E-state index in [4.69, 9.17) is 9.47 Å². The van der Waals surface area contributed by atoms with Gasteiger partial charge < -0.3 is 19.3 Å². The molecular weight excluding hydrogens is 316 g/mol. The van der Waals surface area contributed by atoms with Crippen molar-refractivity contribution in [3.63, 3.8) is 0 Å². The maximum Gasteiger partial charge on any atom is 0.410 e. The third-order valence-corrected chi connectivity index (χ3v) is 4.83. The SMILES string of the molecule is CN1CCC(Oc2cccc3c2CCN(C(=O)OC(C)(C)C)C3)CC1. The van der Waals surface area contributed by atoms with Crippen LogP contribution >= 0.6 is 0 Å². The summed E-state index contributed by atoms with van der Waals surface area (Å²) in [5, 5.41) is 0. The molecule has 1 aromatic carbocycles. The molecule has 1 aromatic rings.